The van der Waals surface area contributed by atoms with Crippen LogP contribution in [-0.2, 0) is 27.3 Å². The lowest BCUT2D eigenvalue weighted by Gasteiger charge is -2.32. The number of amides is 1. The maximum Gasteiger partial charge on any atom is 0.328 e. The summed E-state index contributed by atoms with van der Waals surface area (Å²) in [6.07, 6.45) is 4.81. The molecule has 0 aliphatic heterocycles. The van der Waals surface area contributed by atoms with Gasteiger partial charge >= 0.3 is 5.97 Å². The molecule has 1 unspecified atom stereocenters. The molecule has 0 aliphatic rings. The monoisotopic (exact) mass is 354 g/mol. The molecule has 1 atom stereocenters. The fourth-order valence-corrected chi connectivity index (χ4v) is 2.69. The van der Waals surface area contributed by atoms with Crippen LogP contribution in [0.1, 0.15) is 26.0 Å². The number of aryl methyl sites for hydroxylation is 1. The lowest BCUT2D eigenvalue weighted by Crippen LogP contribution is -2.49. The number of aromatic nitrogens is 2. The smallest absolute Gasteiger partial charge is 0.328 e. The van der Waals surface area contributed by atoms with E-state index in [4.69, 9.17) is 10.5 Å². The number of nitrogens with two attached hydrogens (primary N) is 1. The fourth-order valence-electron chi connectivity index (χ4n) is 2.39. The third-order valence-electron chi connectivity index (χ3n) is 4.43. The Labute approximate surface area is 147 Å². The van der Waals surface area contributed by atoms with E-state index in [1.165, 1.54) is 12.0 Å². The highest BCUT2D eigenvalue weighted by Crippen LogP contribution is 2.24. The quantitative estimate of drug-likeness (QED) is 0.481. The molecule has 136 valence electrons. The lowest BCUT2D eigenvalue weighted by atomic mass is 9.93. The van der Waals surface area contributed by atoms with Gasteiger partial charge in [0.15, 0.2) is 0 Å². The van der Waals surface area contributed by atoms with Crippen LogP contribution in [-0.4, -0.2) is 63.3 Å². The number of carbonyl (C=O) groups excluding carboxylic acids is 2. The third-order valence-corrected chi connectivity index (χ3v) is 6.20. The van der Waals surface area contributed by atoms with Gasteiger partial charge in [0.2, 0.25) is 5.91 Å². The second kappa shape index (κ2) is 8.98. The molecule has 0 saturated carbocycles. The minimum absolute atomic E-state index is 0.0459. The van der Waals surface area contributed by atoms with E-state index >= 15 is 0 Å². The summed E-state index contributed by atoms with van der Waals surface area (Å²) < 4.78 is 6.84. The molecule has 24 heavy (non-hydrogen) atoms. The van der Waals surface area contributed by atoms with Gasteiger partial charge in [-0.2, -0.15) is 0 Å². The minimum atomic E-state index is -0.673. The molecule has 2 N–H and O–H groups in total. The van der Waals surface area contributed by atoms with Gasteiger partial charge in [-0.1, -0.05) is 19.9 Å². The highest BCUT2D eigenvalue weighted by Gasteiger charge is 2.35. The van der Waals surface area contributed by atoms with Crippen LogP contribution in [0.25, 0.3) is 0 Å². The van der Waals surface area contributed by atoms with E-state index < -0.39 is 17.4 Å². The number of likely N-dealkylation sites (N-methyl/N-ethyl adjacent to an activating group) is 1. The van der Waals surface area contributed by atoms with Crippen molar-refractivity contribution in [3.63, 3.8) is 0 Å². The molecule has 0 aromatic carbocycles. The van der Waals surface area contributed by atoms with E-state index in [9.17, 15) is 9.59 Å². The van der Waals surface area contributed by atoms with Gasteiger partial charge in [0.1, 0.15) is 6.04 Å². The van der Waals surface area contributed by atoms with Crippen molar-refractivity contribution in [2.75, 3.05) is 20.7 Å². The Morgan fingerprint density at radius 3 is 2.71 bits per heavy atom. The van der Waals surface area contributed by atoms with Crippen LogP contribution in [0.2, 0.25) is 6.04 Å². The van der Waals surface area contributed by atoms with Gasteiger partial charge in [0, 0.05) is 41.9 Å². The Balaban J connectivity index is 2.91. The second-order valence-corrected chi connectivity index (χ2v) is 7.35. The Hall–Kier alpha value is -1.67. The number of imidazole rings is 1. The lowest BCUT2D eigenvalue weighted by molar-refractivity contribution is -0.154. The predicted octanol–water partition coefficient (Wildman–Crippen LogP) is -0.416. The molecule has 0 bridgehead atoms. The zero-order valence-corrected chi connectivity index (χ0v) is 17.4. The topological polar surface area (TPSA) is 90.4 Å². The Morgan fingerprint density at radius 1 is 1.50 bits per heavy atom. The number of hydrogen-bond donors (Lipinski definition) is 1. The van der Waals surface area contributed by atoms with Crippen LogP contribution in [0.4, 0.5) is 0 Å². The summed E-state index contributed by atoms with van der Waals surface area (Å²) in [7, 11) is 3.93. The van der Waals surface area contributed by atoms with Gasteiger partial charge < -0.3 is 19.9 Å². The highest BCUT2D eigenvalue weighted by atomic mass is 28.1. The van der Waals surface area contributed by atoms with Gasteiger partial charge in [0.25, 0.3) is 0 Å². The molecule has 0 radical (unpaired) electrons. The van der Waals surface area contributed by atoms with Gasteiger partial charge in [-0.3, -0.25) is 4.79 Å². The number of rotatable bonds is 9. The van der Waals surface area contributed by atoms with Gasteiger partial charge in [0.05, 0.1) is 19.1 Å². The van der Waals surface area contributed by atoms with Crippen molar-refractivity contribution >= 4 is 22.1 Å². The highest BCUT2D eigenvalue weighted by molar-refractivity contribution is 6.11. The van der Waals surface area contributed by atoms with Crippen molar-refractivity contribution in [1.82, 2.24) is 14.5 Å². The van der Waals surface area contributed by atoms with Crippen molar-refractivity contribution in [2.24, 2.45) is 11.1 Å². The zero-order chi connectivity index (χ0) is 18.3. The van der Waals surface area contributed by atoms with E-state index in [1.54, 1.807) is 13.4 Å². The van der Waals surface area contributed by atoms with E-state index in [0.29, 0.717) is 13.0 Å². The number of esters is 1. The SMILES string of the molecule is COC(=O)C(Cc1cn(CCCN)cn1)N(C)C(=O)C(C)(C)C[SiH3]. The number of carbonyl (C=O) groups is 2. The maximum absolute atomic E-state index is 12.7. The largest absolute Gasteiger partial charge is 0.467 e. The average Bonchev–Trinajstić information content (AvgIpc) is 3.03. The van der Waals surface area contributed by atoms with Crippen LogP contribution in [0.3, 0.4) is 0 Å². The first-order valence-electron chi connectivity index (χ1n) is 8.32. The Kier molecular flexibility index (Phi) is 7.62. The van der Waals surface area contributed by atoms with Crippen LogP contribution in [0.5, 0.6) is 0 Å². The molecule has 7 nitrogen and oxygen atoms in total. The molecule has 1 aromatic heterocycles. The first-order valence-corrected chi connectivity index (χ1v) is 9.74. The molecule has 1 aromatic rings. The normalized spacial score (nSPS) is 12.9. The molecule has 1 heterocycles. The summed E-state index contributed by atoms with van der Waals surface area (Å²) in [6, 6.07) is 0.158. The number of nitrogens with zero attached hydrogens (tertiary/aromatic N) is 3. The average molecular weight is 355 g/mol. The predicted molar refractivity (Wildman–Crippen MR) is 96.7 cm³/mol. The molecule has 0 fully saturated rings. The van der Waals surface area contributed by atoms with Crippen molar-refractivity contribution < 1.29 is 14.3 Å². The summed E-state index contributed by atoms with van der Waals surface area (Å²) in [5.41, 5.74) is 5.80. The van der Waals surface area contributed by atoms with Gasteiger partial charge in [-0.05, 0) is 13.0 Å². The summed E-state index contributed by atoms with van der Waals surface area (Å²) >= 11 is 0. The maximum atomic E-state index is 12.7. The van der Waals surface area contributed by atoms with Crippen LogP contribution in [0.15, 0.2) is 12.5 Å². The molecule has 0 saturated heterocycles. The second-order valence-electron chi connectivity index (χ2n) is 6.64. The number of hydrogen-bond acceptors (Lipinski definition) is 5. The number of ether oxygens (including phenoxy) is 1. The molecule has 0 aliphatic carbocycles. The molecule has 1 amide bonds. The van der Waals surface area contributed by atoms with Crippen molar-refractivity contribution in [1.29, 1.82) is 0 Å². The summed E-state index contributed by atoms with van der Waals surface area (Å²) in [5, 5.41) is 0. The minimum Gasteiger partial charge on any atom is -0.467 e. The zero-order valence-electron chi connectivity index (χ0n) is 15.4. The summed E-state index contributed by atoms with van der Waals surface area (Å²) in [5.74, 6) is -0.470. The Morgan fingerprint density at radius 2 is 2.17 bits per heavy atom. The van der Waals surface area contributed by atoms with Gasteiger partial charge in [-0.25, -0.2) is 9.78 Å². The molecule has 8 heteroatoms. The molecular weight excluding hydrogens is 324 g/mol. The van der Waals surface area contributed by atoms with E-state index in [2.05, 4.69) is 4.98 Å². The van der Waals surface area contributed by atoms with Crippen molar-refractivity contribution in [2.45, 2.75) is 45.3 Å². The van der Waals surface area contributed by atoms with Crippen molar-refractivity contribution in [3.8, 4) is 0 Å². The number of methoxy groups -OCH3 is 1. The van der Waals surface area contributed by atoms with Crippen LogP contribution >= 0.6 is 0 Å². The van der Waals surface area contributed by atoms with E-state index in [1.807, 2.05) is 24.6 Å². The summed E-state index contributed by atoms with van der Waals surface area (Å²) in [4.78, 5) is 30.7. The standard InChI is InChI=1S/C16H30N4O3Si/c1-16(2,10-24)15(22)19(3)13(14(21)23-4)8-12-9-20(11-18-12)7-5-6-17/h9,11,13H,5-8,10,17H2,1-4,24H3. The molecule has 0 spiro atoms. The van der Waals surface area contributed by atoms with E-state index in [0.717, 1.165) is 34.9 Å². The van der Waals surface area contributed by atoms with Crippen molar-refractivity contribution in [3.05, 3.63) is 18.2 Å². The van der Waals surface area contributed by atoms with E-state index in [-0.39, 0.29) is 5.91 Å². The molecular formula is C16H30N4O3Si. The first-order chi connectivity index (χ1) is 11.3. The first kappa shape index (κ1) is 20.4. The van der Waals surface area contributed by atoms with Crippen LogP contribution in [0, 0.1) is 5.41 Å². The Bertz CT molecular complexity index is 559. The summed E-state index contributed by atoms with van der Waals surface area (Å²) in [6.45, 7) is 5.23. The molecule has 1 rings (SSSR count). The van der Waals surface area contributed by atoms with Gasteiger partial charge in [-0.15, -0.1) is 0 Å². The fraction of sp³-hybridized carbons (Fsp3) is 0.688. The van der Waals surface area contributed by atoms with Crippen LogP contribution < -0.4 is 5.73 Å². The third kappa shape index (κ3) is 5.17.